The van der Waals surface area contributed by atoms with E-state index in [1.807, 2.05) is 0 Å². The molecule has 0 fully saturated rings. The zero-order chi connectivity index (χ0) is 15.7. The van der Waals surface area contributed by atoms with Gasteiger partial charge in [-0.2, -0.15) is 0 Å². The Hall–Kier alpha value is -2.24. The van der Waals surface area contributed by atoms with Gasteiger partial charge in [0, 0.05) is 24.6 Å². The van der Waals surface area contributed by atoms with E-state index in [1.165, 1.54) is 12.1 Å². The van der Waals surface area contributed by atoms with Crippen LogP contribution in [0.5, 0.6) is 11.5 Å². The quantitative estimate of drug-likeness (QED) is 0.503. The lowest BCUT2D eigenvalue weighted by Gasteiger charge is -2.06. The molecule has 0 atom stereocenters. The van der Waals surface area contributed by atoms with Crippen LogP contribution in [0.15, 0.2) is 18.2 Å². The highest BCUT2D eigenvalue weighted by molar-refractivity contribution is 5.95. The number of aromatic hydroxyl groups is 2. The Balaban J connectivity index is 2.20. The molecule has 3 N–H and O–H groups in total. The van der Waals surface area contributed by atoms with E-state index in [0.29, 0.717) is 19.6 Å². The first-order valence-electron chi connectivity index (χ1n) is 6.99. The van der Waals surface area contributed by atoms with Crippen LogP contribution in [0.25, 0.3) is 0 Å². The SMILES string of the molecule is CCOC(=O)CCCCCNC(=O)c1cc(O)cc(O)c1. The van der Waals surface area contributed by atoms with Gasteiger partial charge < -0.3 is 20.3 Å². The molecular formula is C15H21NO5. The van der Waals surface area contributed by atoms with Crippen LogP contribution < -0.4 is 5.32 Å². The third kappa shape index (κ3) is 6.65. The van der Waals surface area contributed by atoms with Gasteiger partial charge in [-0.15, -0.1) is 0 Å². The molecule has 1 aromatic carbocycles. The van der Waals surface area contributed by atoms with Crippen molar-refractivity contribution in [3.63, 3.8) is 0 Å². The number of esters is 1. The zero-order valence-electron chi connectivity index (χ0n) is 12.1. The summed E-state index contributed by atoms with van der Waals surface area (Å²) in [7, 11) is 0. The highest BCUT2D eigenvalue weighted by atomic mass is 16.5. The minimum absolute atomic E-state index is 0.158. The maximum absolute atomic E-state index is 11.8. The number of nitrogens with one attached hydrogen (secondary N) is 1. The third-order valence-corrected chi connectivity index (χ3v) is 2.81. The Morgan fingerprint density at radius 2 is 1.76 bits per heavy atom. The van der Waals surface area contributed by atoms with Crippen LogP contribution in [-0.4, -0.2) is 35.2 Å². The summed E-state index contributed by atoms with van der Waals surface area (Å²) < 4.78 is 4.81. The number of benzene rings is 1. The van der Waals surface area contributed by atoms with E-state index in [2.05, 4.69) is 5.32 Å². The normalized spacial score (nSPS) is 10.1. The Bertz CT molecular complexity index is 467. The first-order valence-corrected chi connectivity index (χ1v) is 6.99. The number of hydrogen-bond donors (Lipinski definition) is 3. The molecule has 0 spiro atoms. The molecule has 1 aromatic rings. The molecule has 1 amide bonds. The molecule has 0 aliphatic heterocycles. The van der Waals surface area contributed by atoms with Gasteiger partial charge in [0.25, 0.3) is 5.91 Å². The number of phenolic OH excluding ortho intramolecular Hbond substituents is 2. The molecule has 0 saturated carbocycles. The molecule has 0 heterocycles. The molecule has 21 heavy (non-hydrogen) atoms. The van der Waals surface area contributed by atoms with Crippen LogP contribution in [0.4, 0.5) is 0 Å². The Labute approximate surface area is 123 Å². The Kier molecular flexibility index (Phi) is 7.08. The van der Waals surface area contributed by atoms with E-state index in [-0.39, 0.29) is 28.9 Å². The standard InChI is InChI=1S/C15H21NO5/c1-2-21-14(19)6-4-3-5-7-16-15(20)11-8-12(17)10-13(18)9-11/h8-10,17-18H,2-7H2,1H3,(H,16,20). The zero-order valence-corrected chi connectivity index (χ0v) is 12.1. The predicted molar refractivity (Wildman–Crippen MR) is 77.2 cm³/mol. The molecule has 0 aliphatic rings. The number of phenols is 2. The van der Waals surface area contributed by atoms with Crippen LogP contribution in [0.1, 0.15) is 43.0 Å². The van der Waals surface area contributed by atoms with Crippen LogP contribution in [0.3, 0.4) is 0 Å². The maximum Gasteiger partial charge on any atom is 0.305 e. The highest BCUT2D eigenvalue weighted by Gasteiger charge is 2.08. The van der Waals surface area contributed by atoms with Gasteiger partial charge in [-0.05, 0) is 31.9 Å². The summed E-state index contributed by atoms with van der Waals surface area (Å²) >= 11 is 0. The van der Waals surface area contributed by atoms with E-state index in [9.17, 15) is 19.8 Å². The summed E-state index contributed by atoms with van der Waals surface area (Å²) in [5, 5.41) is 21.3. The van der Waals surface area contributed by atoms with Crippen molar-refractivity contribution in [1.29, 1.82) is 0 Å². The minimum Gasteiger partial charge on any atom is -0.508 e. The second-order valence-corrected chi connectivity index (χ2v) is 4.61. The lowest BCUT2D eigenvalue weighted by molar-refractivity contribution is -0.143. The number of amides is 1. The topological polar surface area (TPSA) is 95.9 Å². The molecule has 0 aliphatic carbocycles. The Morgan fingerprint density at radius 1 is 1.10 bits per heavy atom. The molecule has 6 nitrogen and oxygen atoms in total. The second kappa shape index (κ2) is 8.84. The summed E-state index contributed by atoms with van der Waals surface area (Å²) in [5.41, 5.74) is 0.207. The number of rotatable bonds is 8. The summed E-state index contributed by atoms with van der Waals surface area (Å²) in [6, 6.07) is 3.73. The van der Waals surface area contributed by atoms with Gasteiger partial charge in [0.1, 0.15) is 11.5 Å². The van der Waals surface area contributed by atoms with Gasteiger partial charge in [-0.1, -0.05) is 6.42 Å². The molecule has 0 unspecified atom stereocenters. The van der Waals surface area contributed by atoms with Crippen LogP contribution in [0.2, 0.25) is 0 Å². The molecule has 1 rings (SSSR count). The van der Waals surface area contributed by atoms with Crippen molar-refractivity contribution in [1.82, 2.24) is 5.32 Å². The predicted octanol–water partition coefficient (Wildman–Crippen LogP) is 1.95. The average Bonchev–Trinajstić information content (AvgIpc) is 2.41. The maximum atomic E-state index is 11.8. The fourth-order valence-electron chi connectivity index (χ4n) is 1.83. The lowest BCUT2D eigenvalue weighted by Crippen LogP contribution is -2.24. The van der Waals surface area contributed by atoms with Crippen molar-refractivity contribution in [3.8, 4) is 11.5 Å². The monoisotopic (exact) mass is 295 g/mol. The first-order chi connectivity index (χ1) is 10.0. The van der Waals surface area contributed by atoms with Gasteiger partial charge in [-0.25, -0.2) is 0 Å². The second-order valence-electron chi connectivity index (χ2n) is 4.61. The van der Waals surface area contributed by atoms with Crippen LogP contribution in [-0.2, 0) is 9.53 Å². The lowest BCUT2D eigenvalue weighted by atomic mass is 10.1. The van der Waals surface area contributed by atoms with Crippen molar-refractivity contribution in [2.24, 2.45) is 0 Å². The van der Waals surface area contributed by atoms with E-state index < -0.39 is 0 Å². The van der Waals surface area contributed by atoms with E-state index in [4.69, 9.17) is 4.74 Å². The van der Waals surface area contributed by atoms with Gasteiger partial charge in [0.05, 0.1) is 6.61 Å². The summed E-state index contributed by atoms with van der Waals surface area (Å²) in [6.07, 6.45) is 2.67. The number of ether oxygens (including phenoxy) is 1. The molecule has 0 bridgehead atoms. The number of carbonyl (C=O) groups excluding carboxylic acids is 2. The number of hydrogen-bond acceptors (Lipinski definition) is 5. The van der Waals surface area contributed by atoms with Gasteiger partial charge >= 0.3 is 5.97 Å². The van der Waals surface area contributed by atoms with Crippen molar-refractivity contribution < 1.29 is 24.5 Å². The summed E-state index contributed by atoms with van der Waals surface area (Å²) in [6.45, 7) is 2.64. The smallest absolute Gasteiger partial charge is 0.305 e. The molecule has 0 saturated heterocycles. The van der Waals surface area contributed by atoms with Crippen molar-refractivity contribution >= 4 is 11.9 Å². The summed E-state index contributed by atoms with van der Waals surface area (Å²) in [4.78, 5) is 22.9. The number of carbonyl (C=O) groups is 2. The van der Waals surface area contributed by atoms with E-state index >= 15 is 0 Å². The van der Waals surface area contributed by atoms with E-state index in [1.54, 1.807) is 6.92 Å². The van der Waals surface area contributed by atoms with E-state index in [0.717, 1.165) is 25.3 Å². The summed E-state index contributed by atoms with van der Waals surface area (Å²) in [5.74, 6) is -0.868. The third-order valence-electron chi connectivity index (χ3n) is 2.81. The average molecular weight is 295 g/mol. The fourth-order valence-corrected chi connectivity index (χ4v) is 1.83. The van der Waals surface area contributed by atoms with Crippen LogP contribution in [0, 0.1) is 0 Å². The highest BCUT2D eigenvalue weighted by Crippen LogP contribution is 2.20. The molecule has 116 valence electrons. The first kappa shape index (κ1) is 16.8. The van der Waals surface area contributed by atoms with Crippen molar-refractivity contribution in [2.75, 3.05) is 13.2 Å². The number of unbranched alkanes of at least 4 members (excludes halogenated alkanes) is 2. The fraction of sp³-hybridized carbons (Fsp3) is 0.467. The molecule has 0 radical (unpaired) electrons. The molecule has 0 aromatic heterocycles. The Morgan fingerprint density at radius 3 is 2.38 bits per heavy atom. The van der Waals surface area contributed by atoms with Crippen molar-refractivity contribution in [3.05, 3.63) is 23.8 Å². The van der Waals surface area contributed by atoms with Gasteiger partial charge in [0.15, 0.2) is 0 Å². The van der Waals surface area contributed by atoms with Gasteiger partial charge in [0.2, 0.25) is 0 Å². The molecule has 6 heteroatoms. The van der Waals surface area contributed by atoms with Crippen LogP contribution >= 0.6 is 0 Å². The van der Waals surface area contributed by atoms with Gasteiger partial charge in [-0.3, -0.25) is 9.59 Å². The molecular weight excluding hydrogens is 274 g/mol. The van der Waals surface area contributed by atoms with Crippen molar-refractivity contribution in [2.45, 2.75) is 32.6 Å². The largest absolute Gasteiger partial charge is 0.508 e. The minimum atomic E-state index is -0.355.